The molecule has 0 fully saturated rings. The van der Waals surface area contributed by atoms with Crippen LogP contribution in [0.3, 0.4) is 0 Å². The predicted molar refractivity (Wildman–Crippen MR) is 87.3 cm³/mol. The first kappa shape index (κ1) is 14.2. The van der Waals surface area contributed by atoms with Crippen LogP contribution >= 0.6 is 39.3 Å². The van der Waals surface area contributed by atoms with Crippen molar-refractivity contribution in [3.63, 3.8) is 0 Å². The van der Waals surface area contributed by atoms with Gasteiger partial charge in [-0.25, -0.2) is 4.39 Å². The highest BCUT2D eigenvalue weighted by Gasteiger charge is 2.21. The molecule has 1 heterocycles. The second-order valence-electron chi connectivity index (χ2n) is 4.62. The smallest absolute Gasteiger partial charge is 0.125 e. The normalized spacial score (nSPS) is 17.6. The van der Waals surface area contributed by atoms with E-state index in [9.17, 15) is 4.39 Å². The molecule has 0 saturated heterocycles. The molecule has 1 aliphatic heterocycles. The van der Waals surface area contributed by atoms with Gasteiger partial charge in [0, 0.05) is 15.1 Å². The molecule has 1 aliphatic rings. The summed E-state index contributed by atoms with van der Waals surface area (Å²) in [6, 6.07) is 11.3. The molecule has 0 bridgehead atoms. The van der Waals surface area contributed by atoms with E-state index in [1.807, 2.05) is 17.8 Å². The van der Waals surface area contributed by atoms with Crippen LogP contribution in [0.25, 0.3) is 0 Å². The average molecular weight is 373 g/mol. The number of hydrogen-bond acceptors (Lipinski definition) is 2. The van der Waals surface area contributed by atoms with Crippen LogP contribution in [-0.2, 0) is 0 Å². The molecule has 1 unspecified atom stereocenters. The Morgan fingerprint density at radius 3 is 2.90 bits per heavy atom. The van der Waals surface area contributed by atoms with Crippen molar-refractivity contribution in [2.45, 2.75) is 17.4 Å². The zero-order valence-electron chi connectivity index (χ0n) is 10.5. The van der Waals surface area contributed by atoms with Crippen LogP contribution in [0.15, 0.2) is 45.8 Å². The largest absolute Gasteiger partial charge is 0.376 e. The van der Waals surface area contributed by atoms with Gasteiger partial charge in [-0.1, -0.05) is 29.8 Å². The molecule has 104 valence electrons. The molecule has 2 aromatic carbocycles. The zero-order chi connectivity index (χ0) is 14.1. The van der Waals surface area contributed by atoms with Crippen LogP contribution in [0.5, 0.6) is 0 Å². The van der Waals surface area contributed by atoms with E-state index in [-0.39, 0.29) is 11.9 Å². The molecule has 20 heavy (non-hydrogen) atoms. The minimum atomic E-state index is -0.341. The lowest BCUT2D eigenvalue weighted by atomic mass is 10.0. The maximum Gasteiger partial charge on any atom is 0.125 e. The van der Waals surface area contributed by atoms with E-state index >= 15 is 0 Å². The van der Waals surface area contributed by atoms with Gasteiger partial charge in [-0.3, -0.25) is 0 Å². The van der Waals surface area contributed by atoms with Gasteiger partial charge < -0.3 is 5.32 Å². The fourth-order valence-electron chi connectivity index (χ4n) is 2.35. The number of rotatable bonds is 2. The van der Waals surface area contributed by atoms with Crippen molar-refractivity contribution in [1.82, 2.24) is 0 Å². The molecule has 0 aromatic heterocycles. The van der Waals surface area contributed by atoms with Crippen LogP contribution in [-0.4, -0.2) is 5.75 Å². The summed E-state index contributed by atoms with van der Waals surface area (Å²) in [6.07, 6.45) is 1.02. The first-order valence-corrected chi connectivity index (χ1v) is 8.43. The summed E-state index contributed by atoms with van der Waals surface area (Å²) in [5.41, 5.74) is 2.02. The molecule has 0 spiro atoms. The Labute approximate surface area is 135 Å². The van der Waals surface area contributed by atoms with Crippen molar-refractivity contribution in [2.75, 3.05) is 11.1 Å². The molecular formula is C15H12BrClFNS. The second kappa shape index (κ2) is 5.96. The number of hydrogen-bond donors (Lipinski definition) is 1. The Morgan fingerprint density at radius 2 is 2.10 bits per heavy atom. The molecule has 2 aromatic rings. The first-order valence-electron chi connectivity index (χ1n) is 6.28. The number of thioether (sulfide) groups is 1. The van der Waals surface area contributed by atoms with Gasteiger partial charge in [-0.05, 0) is 46.1 Å². The lowest BCUT2D eigenvalue weighted by Gasteiger charge is -2.27. The van der Waals surface area contributed by atoms with Gasteiger partial charge in [0.25, 0.3) is 0 Å². The molecule has 5 heteroatoms. The van der Waals surface area contributed by atoms with Crippen molar-refractivity contribution in [2.24, 2.45) is 0 Å². The van der Waals surface area contributed by atoms with Crippen LogP contribution in [0.2, 0.25) is 5.02 Å². The Morgan fingerprint density at radius 1 is 1.30 bits per heavy atom. The SMILES string of the molecule is Fc1cc(Cl)c(NC2CCSc3ccccc32)c(Br)c1. The summed E-state index contributed by atoms with van der Waals surface area (Å²) in [4.78, 5) is 1.30. The van der Waals surface area contributed by atoms with E-state index < -0.39 is 0 Å². The van der Waals surface area contributed by atoms with Crippen molar-refractivity contribution in [1.29, 1.82) is 0 Å². The average Bonchev–Trinajstić information content (AvgIpc) is 2.43. The molecule has 0 radical (unpaired) electrons. The summed E-state index contributed by atoms with van der Waals surface area (Å²) in [5.74, 6) is 0.720. The van der Waals surface area contributed by atoms with Gasteiger partial charge in [0.15, 0.2) is 0 Å². The molecule has 3 rings (SSSR count). The number of halogens is 3. The van der Waals surface area contributed by atoms with Crippen molar-refractivity contribution >= 4 is 45.0 Å². The Bertz CT molecular complexity index is 627. The molecule has 1 nitrogen and oxygen atoms in total. The quantitative estimate of drug-likeness (QED) is 0.705. The predicted octanol–water partition coefficient (Wildman–Crippen LogP) is 5.89. The number of benzene rings is 2. The maximum atomic E-state index is 13.3. The maximum absolute atomic E-state index is 13.3. The van der Waals surface area contributed by atoms with E-state index in [0.29, 0.717) is 9.50 Å². The third-order valence-corrected chi connectivity index (χ3v) is 5.33. The number of nitrogens with one attached hydrogen (secondary N) is 1. The fourth-order valence-corrected chi connectivity index (χ4v) is 4.39. The topological polar surface area (TPSA) is 12.0 Å². The Balaban J connectivity index is 1.94. The summed E-state index contributed by atoms with van der Waals surface area (Å²) >= 11 is 11.4. The summed E-state index contributed by atoms with van der Waals surface area (Å²) < 4.78 is 13.9. The first-order chi connectivity index (χ1) is 9.65. The molecule has 0 amide bonds. The van der Waals surface area contributed by atoms with Gasteiger partial charge in [-0.15, -0.1) is 11.8 Å². The van der Waals surface area contributed by atoms with E-state index in [4.69, 9.17) is 11.6 Å². The van der Waals surface area contributed by atoms with Crippen LogP contribution in [0.4, 0.5) is 10.1 Å². The number of fused-ring (bicyclic) bond motifs is 1. The van der Waals surface area contributed by atoms with E-state index in [1.54, 1.807) is 0 Å². The highest BCUT2D eigenvalue weighted by molar-refractivity contribution is 9.10. The summed E-state index contributed by atoms with van der Waals surface area (Å²) in [5, 5.41) is 3.84. The highest BCUT2D eigenvalue weighted by atomic mass is 79.9. The monoisotopic (exact) mass is 371 g/mol. The summed E-state index contributed by atoms with van der Waals surface area (Å²) in [7, 11) is 0. The Kier molecular flexibility index (Phi) is 4.24. The highest BCUT2D eigenvalue weighted by Crippen LogP contribution is 2.40. The van der Waals surface area contributed by atoms with Crippen LogP contribution in [0, 0.1) is 5.82 Å². The molecule has 1 N–H and O–H groups in total. The molecule has 0 aliphatic carbocycles. The minimum absolute atomic E-state index is 0.201. The number of anilines is 1. The third kappa shape index (κ3) is 2.83. The lowest BCUT2D eigenvalue weighted by Crippen LogP contribution is -2.16. The fraction of sp³-hybridized carbons (Fsp3) is 0.200. The van der Waals surface area contributed by atoms with Crippen LogP contribution < -0.4 is 5.32 Å². The van der Waals surface area contributed by atoms with Gasteiger partial charge in [0.2, 0.25) is 0 Å². The standard InChI is InChI=1S/C15H12BrClFNS/c16-11-7-9(18)8-12(17)15(11)19-13-5-6-20-14-4-2-1-3-10(13)14/h1-4,7-8,13,19H,5-6H2. The van der Waals surface area contributed by atoms with Gasteiger partial charge in [0.1, 0.15) is 5.82 Å². The second-order valence-corrected chi connectivity index (χ2v) is 7.01. The van der Waals surface area contributed by atoms with E-state index in [2.05, 4.69) is 39.4 Å². The Hall–Kier alpha value is -0.710. The van der Waals surface area contributed by atoms with Crippen molar-refractivity contribution in [3.05, 3.63) is 57.3 Å². The molecule has 1 atom stereocenters. The van der Waals surface area contributed by atoms with Gasteiger partial charge >= 0.3 is 0 Å². The zero-order valence-corrected chi connectivity index (χ0v) is 13.7. The minimum Gasteiger partial charge on any atom is -0.376 e. The van der Waals surface area contributed by atoms with Crippen molar-refractivity contribution in [3.8, 4) is 0 Å². The van der Waals surface area contributed by atoms with Crippen molar-refractivity contribution < 1.29 is 4.39 Å². The molecular weight excluding hydrogens is 361 g/mol. The van der Waals surface area contributed by atoms with Gasteiger partial charge in [-0.2, -0.15) is 0 Å². The third-order valence-electron chi connectivity index (χ3n) is 3.28. The van der Waals surface area contributed by atoms with Gasteiger partial charge in [0.05, 0.1) is 16.8 Å². The van der Waals surface area contributed by atoms with Crippen LogP contribution in [0.1, 0.15) is 18.0 Å². The lowest BCUT2D eigenvalue weighted by molar-refractivity contribution is 0.626. The van der Waals surface area contributed by atoms with E-state index in [1.165, 1.54) is 22.6 Å². The van der Waals surface area contributed by atoms with E-state index in [0.717, 1.165) is 17.9 Å². The summed E-state index contributed by atoms with van der Waals surface area (Å²) in [6.45, 7) is 0. The molecule has 0 saturated carbocycles.